The summed E-state index contributed by atoms with van der Waals surface area (Å²) in [5.41, 5.74) is 3.29. The van der Waals surface area contributed by atoms with E-state index >= 15 is 0 Å². The first-order chi connectivity index (χ1) is 11.5. The maximum absolute atomic E-state index is 12.2. The molecule has 3 aromatic rings. The summed E-state index contributed by atoms with van der Waals surface area (Å²) in [5.74, 6) is -0.124. The molecule has 0 unspecified atom stereocenters. The molecule has 1 aromatic carbocycles. The Morgan fingerprint density at radius 3 is 2.33 bits per heavy atom. The molecule has 0 bridgehead atoms. The van der Waals surface area contributed by atoms with E-state index in [1.807, 2.05) is 63.5 Å². The lowest BCUT2D eigenvalue weighted by atomic mass is 10.3. The number of hydrogen-bond donors (Lipinski definition) is 1. The monoisotopic (exact) mass is 338 g/mol. The molecule has 24 heavy (non-hydrogen) atoms. The fourth-order valence-corrected chi connectivity index (χ4v) is 3.21. The van der Waals surface area contributed by atoms with Crippen molar-refractivity contribution in [3.05, 3.63) is 65.7 Å². The van der Waals surface area contributed by atoms with Gasteiger partial charge in [0.05, 0.1) is 0 Å². The van der Waals surface area contributed by atoms with Crippen LogP contribution in [0.1, 0.15) is 21.9 Å². The van der Waals surface area contributed by atoms with Gasteiger partial charge in [-0.2, -0.15) is 0 Å². The van der Waals surface area contributed by atoms with E-state index < -0.39 is 0 Å². The van der Waals surface area contributed by atoms with Gasteiger partial charge in [-0.3, -0.25) is 4.79 Å². The second-order valence-electron chi connectivity index (χ2n) is 5.52. The third-order valence-corrected chi connectivity index (χ3v) is 4.33. The molecular formula is C18H18N4OS. The SMILES string of the molecule is Cc1cc(C)nc(Sc2ccc(NC(=O)c3cccn3C)cc2)n1. The van der Waals surface area contributed by atoms with Gasteiger partial charge in [-0.25, -0.2) is 9.97 Å². The minimum Gasteiger partial charge on any atom is -0.347 e. The Hall–Kier alpha value is -2.60. The second kappa shape index (κ2) is 6.88. The number of carbonyl (C=O) groups is 1. The number of anilines is 1. The topological polar surface area (TPSA) is 59.8 Å². The molecule has 0 saturated carbocycles. The Balaban J connectivity index is 1.69. The van der Waals surface area contributed by atoms with Crippen molar-refractivity contribution >= 4 is 23.4 Å². The van der Waals surface area contributed by atoms with E-state index in [0.717, 1.165) is 27.1 Å². The summed E-state index contributed by atoms with van der Waals surface area (Å²) < 4.78 is 1.79. The highest BCUT2D eigenvalue weighted by molar-refractivity contribution is 7.99. The number of carbonyl (C=O) groups excluding carboxylic acids is 1. The van der Waals surface area contributed by atoms with Crippen molar-refractivity contribution in [1.82, 2.24) is 14.5 Å². The Labute approximate surface area is 145 Å². The fraction of sp³-hybridized carbons (Fsp3) is 0.167. The van der Waals surface area contributed by atoms with Crippen LogP contribution < -0.4 is 5.32 Å². The Morgan fingerprint density at radius 1 is 1.08 bits per heavy atom. The maximum Gasteiger partial charge on any atom is 0.272 e. The molecule has 0 fully saturated rings. The standard InChI is InChI=1S/C18H18N4OS/c1-12-11-13(2)20-18(19-12)24-15-8-6-14(7-9-15)21-17(23)16-5-4-10-22(16)3/h4-11H,1-3H3,(H,21,23). The number of rotatable bonds is 4. The predicted molar refractivity (Wildman–Crippen MR) is 95.4 cm³/mol. The van der Waals surface area contributed by atoms with Crippen molar-refractivity contribution in [2.45, 2.75) is 23.9 Å². The van der Waals surface area contributed by atoms with E-state index in [-0.39, 0.29) is 5.91 Å². The number of amides is 1. The first kappa shape index (κ1) is 16.3. The molecule has 2 heterocycles. The van der Waals surface area contributed by atoms with E-state index in [1.54, 1.807) is 10.6 Å². The van der Waals surface area contributed by atoms with Crippen LogP contribution in [-0.2, 0) is 7.05 Å². The summed E-state index contributed by atoms with van der Waals surface area (Å²) >= 11 is 1.50. The zero-order valence-electron chi connectivity index (χ0n) is 13.8. The van der Waals surface area contributed by atoms with E-state index in [9.17, 15) is 4.79 Å². The number of nitrogens with zero attached hydrogens (tertiary/aromatic N) is 3. The number of aryl methyl sites for hydroxylation is 3. The summed E-state index contributed by atoms with van der Waals surface area (Å²) in [6.45, 7) is 3.92. The van der Waals surface area contributed by atoms with Crippen molar-refractivity contribution in [2.75, 3.05) is 5.32 Å². The van der Waals surface area contributed by atoms with Gasteiger partial charge in [-0.15, -0.1) is 0 Å². The van der Waals surface area contributed by atoms with Crippen molar-refractivity contribution in [1.29, 1.82) is 0 Å². The van der Waals surface area contributed by atoms with Crippen LogP contribution in [0, 0.1) is 13.8 Å². The largest absolute Gasteiger partial charge is 0.347 e. The van der Waals surface area contributed by atoms with E-state index in [2.05, 4.69) is 15.3 Å². The molecule has 1 amide bonds. The van der Waals surface area contributed by atoms with Crippen molar-refractivity contribution in [2.24, 2.45) is 7.05 Å². The Bertz CT molecular complexity index is 851. The molecule has 0 saturated heterocycles. The predicted octanol–water partition coefficient (Wildman–Crippen LogP) is 3.84. The van der Waals surface area contributed by atoms with E-state index in [4.69, 9.17) is 0 Å². The molecular weight excluding hydrogens is 320 g/mol. The molecule has 1 N–H and O–H groups in total. The highest BCUT2D eigenvalue weighted by Gasteiger charge is 2.09. The molecule has 2 aromatic heterocycles. The lowest BCUT2D eigenvalue weighted by molar-refractivity contribution is 0.101. The number of aromatic nitrogens is 3. The summed E-state index contributed by atoms with van der Waals surface area (Å²) in [5, 5.41) is 3.62. The average molecular weight is 338 g/mol. The minimum absolute atomic E-state index is 0.124. The van der Waals surface area contributed by atoms with Gasteiger partial charge in [0.2, 0.25) is 0 Å². The van der Waals surface area contributed by atoms with Crippen molar-refractivity contribution < 1.29 is 4.79 Å². The number of nitrogens with one attached hydrogen (secondary N) is 1. The van der Waals surface area contributed by atoms with E-state index in [0.29, 0.717) is 5.69 Å². The third-order valence-electron chi connectivity index (χ3n) is 3.46. The van der Waals surface area contributed by atoms with Gasteiger partial charge >= 0.3 is 0 Å². The van der Waals surface area contributed by atoms with Gasteiger partial charge in [0.15, 0.2) is 5.16 Å². The van der Waals surface area contributed by atoms with Crippen molar-refractivity contribution in [3.63, 3.8) is 0 Å². The normalized spacial score (nSPS) is 10.6. The minimum atomic E-state index is -0.124. The second-order valence-corrected chi connectivity index (χ2v) is 6.56. The molecule has 0 spiro atoms. The molecule has 5 nitrogen and oxygen atoms in total. The van der Waals surface area contributed by atoms with Gasteiger partial charge in [0.1, 0.15) is 5.69 Å². The van der Waals surface area contributed by atoms with Crippen LogP contribution in [0.3, 0.4) is 0 Å². The van der Waals surface area contributed by atoms with Gasteiger partial charge < -0.3 is 9.88 Å². The molecule has 122 valence electrons. The number of hydrogen-bond acceptors (Lipinski definition) is 4. The van der Waals surface area contributed by atoms with Crippen LogP contribution in [0.25, 0.3) is 0 Å². The zero-order valence-corrected chi connectivity index (χ0v) is 14.6. The summed E-state index contributed by atoms with van der Waals surface area (Å²) in [6.07, 6.45) is 1.85. The van der Waals surface area contributed by atoms with Crippen LogP contribution in [0.4, 0.5) is 5.69 Å². The van der Waals surface area contributed by atoms with Crippen LogP contribution in [0.5, 0.6) is 0 Å². The van der Waals surface area contributed by atoms with Crippen molar-refractivity contribution in [3.8, 4) is 0 Å². The molecule has 0 aliphatic rings. The smallest absolute Gasteiger partial charge is 0.272 e. The molecule has 0 aliphatic carbocycles. The lowest BCUT2D eigenvalue weighted by Crippen LogP contribution is -2.15. The summed E-state index contributed by atoms with van der Waals surface area (Å²) in [6, 6.07) is 13.2. The average Bonchev–Trinajstić information content (AvgIpc) is 2.94. The van der Waals surface area contributed by atoms with Gasteiger partial charge in [-0.05, 0) is 68.1 Å². The third kappa shape index (κ3) is 3.83. The Kier molecular flexibility index (Phi) is 4.66. The lowest BCUT2D eigenvalue weighted by Gasteiger charge is -2.07. The van der Waals surface area contributed by atoms with Gasteiger partial charge in [0, 0.05) is 35.2 Å². The van der Waals surface area contributed by atoms with Crippen LogP contribution >= 0.6 is 11.8 Å². The summed E-state index contributed by atoms with van der Waals surface area (Å²) in [4.78, 5) is 22.1. The highest BCUT2D eigenvalue weighted by Crippen LogP contribution is 2.26. The number of benzene rings is 1. The van der Waals surface area contributed by atoms with Gasteiger partial charge in [0.25, 0.3) is 5.91 Å². The molecule has 6 heteroatoms. The quantitative estimate of drug-likeness (QED) is 0.734. The highest BCUT2D eigenvalue weighted by atomic mass is 32.2. The summed E-state index contributed by atoms with van der Waals surface area (Å²) in [7, 11) is 1.85. The van der Waals surface area contributed by atoms with Gasteiger partial charge in [-0.1, -0.05) is 0 Å². The zero-order chi connectivity index (χ0) is 17.1. The van der Waals surface area contributed by atoms with Crippen LogP contribution in [0.15, 0.2) is 58.7 Å². The van der Waals surface area contributed by atoms with Crippen LogP contribution in [-0.4, -0.2) is 20.4 Å². The van der Waals surface area contributed by atoms with E-state index in [1.165, 1.54) is 11.8 Å². The maximum atomic E-state index is 12.2. The fourth-order valence-electron chi connectivity index (χ4n) is 2.34. The van der Waals surface area contributed by atoms with Crippen LogP contribution in [0.2, 0.25) is 0 Å². The first-order valence-electron chi connectivity index (χ1n) is 7.54. The molecule has 0 aliphatic heterocycles. The Morgan fingerprint density at radius 2 is 1.75 bits per heavy atom. The first-order valence-corrected chi connectivity index (χ1v) is 8.36. The molecule has 0 atom stereocenters. The molecule has 3 rings (SSSR count). The molecule has 0 radical (unpaired) electrons.